The number of nitrogens with zero attached hydrogens (tertiary/aromatic N) is 6. The Bertz CT molecular complexity index is 1590. The zero-order valence-electron chi connectivity index (χ0n) is 22.4. The maximum Gasteiger partial charge on any atom is 0.101 e. The van der Waals surface area contributed by atoms with Crippen LogP contribution in [0.5, 0.6) is 0 Å². The van der Waals surface area contributed by atoms with Crippen LogP contribution >= 0.6 is 0 Å². The number of hydrogen-bond acceptors (Lipinski definition) is 6. The zero-order valence-corrected chi connectivity index (χ0v) is 22.4. The molecule has 5 aromatic rings. The van der Waals surface area contributed by atoms with Crippen molar-refractivity contribution in [2.45, 2.75) is 51.7 Å². The number of fused-ring (bicyclic) bond motifs is 3. The van der Waals surface area contributed by atoms with Gasteiger partial charge in [0, 0.05) is 43.6 Å². The van der Waals surface area contributed by atoms with Crippen LogP contribution in [-0.2, 0) is 23.8 Å². The summed E-state index contributed by atoms with van der Waals surface area (Å²) in [4.78, 5) is 9.65. The van der Waals surface area contributed by atoms with Crippen LogP contribution < -0.4 is 0 Å². The fraction of sp³-hybridized carbons (Fsp3) is 0.400. The molecule has 8 nitrogen and oxygen atoms in total. The van der Waals surface area contributed by atoms with Crippen LogP contribution in [0.15, 0.2) is 54.9 Å². The molecule has 0 bridgehead atoms. The van der Waals surface area contributed by atoms with Crippen molar-refractivity contribution in [1.29, 1.82) is 0 Å². The average Bonchev–Trinajstić information content (AvgIpc) is 3.46. The van der Waals surface area contributed by atoms with Crippen LogP contribution in [0.2, 0.25) is 0 Å². The third kappa shape index (κ3) is 4.18. The van der Waals surface area contributed by atoms with Crippen LogP contribution in [0.1, 0.15) is 56.6 Å². The summed E-state index contributed by atoms with van der Waals surface area (Å²) < 4.78 is 10.0. The van der Waals surface area contributed by atoms with Crippen molar-refractivity contribution in [3.05, 3.63) is 71.8 Å². The topological polar surface area (TPSA) is 90.9 Å². The molecule has 1 atom stereocenters. The highest BCUT2D eigenvalue weighted by molar-refractivity contribution is 6.06. The molecule has 0 amide bonds. The third-order valence-electron chi connectivity index (χ3n) is 7.79. The minimum Gasteiger partial charge on any atom is -0.384 e. The Morgan fingerprint density at radius 3 is 2.53 bits per heavy atom. The van der Waals surface area contributed by atoms with Gasteiger partial charge in [-0.3, -0.25) is 9.97 Å². The summed E-state index contributed by atoms with van der Waals surface area (Å²) in [5.74, 6) is 0.386. The molecule has 6 rings (SSSR count). The highest BCUT2D eigenvalue weighted by Gasteiger charge is 2.31. The quantitative estimate of drug-likeness (QED) is 0.338. The Labute approximate surface area is 222 Å². The summed E-state index contributed by atoms with van der Waals surface area (Å²) in [6.07, 6.45) is 6.52. The van der Waals surface area contributed by atoms with Crippen LogP contribution in [0.25, 0.3) is 33.2 Å². The van der Waals surface area contributed by atoms with E-state index in [1.807, 2.05) is 30.2 Å². The van der Waals surface area contributed by atoms with Crippen molar-refractivity contribution in [2.75, 3.05) is 13.2 Å². The van der Waals surface area contributed by atoms with Crippen LogP contribution in [-0.4, -0.2) is 47.8 Å². The van der Waals surface area contributed by atoms with Crippen LogP contribution in [0.3, 0.4) is 0 Å². The minimum atomic E-state index is -1.06. The summed E-state index contributed by atoms with van der Waals surface area (Å²) in [5, 5.41) is 20.5. The predicted octanol–water partition coefficient (Wildman–Crippen LogP) is 5.19. The van der Waals surface area contributed by atoms with E-state index in [1.54, 1.807) is 13.8 Å². The van der Waals surface area contributed by atoms with Gasteiger partial charge in [-0.1, -0.05) is 42.5 Å². The molecule has 1 aliphatic rings. The predicted molar refractivity (Wildman–Crippen MR) is 148 cm³/mol. The standard InChI is InChI=1S/C30H34N6O2/c1-5-23-29(35(4)34-33-23)21-15-25-27(32-17-21)22-18-31-26(30(2,3)37)16-24(22)36(25)28(19-9-7-6-8-10-19)20-11-13-38-14-12-20/h6-10,15-18,20,28,37H,5,11-14H2,1-4H3/t28-/m1/s1. The van der Waals surface area contributed by atoms with Gasteiger partial charge in [0.25, 0.3) is 0 Å². The lowest BCUT2D eigenvalue weighted by molar-refractivity contribution is 0.0552. The van der Waals surface area contributed by atoms with Crippen LogP contribution in [0.4, 0.5) is 0 Å². The first-order valence-corrected chi connectivity index (χ1v) is 13.4. The molecule has 5 heterocycles. The molecule has 0 unspecified atom stereocenters. The molecule has 1 N–H and O–H groups in total. The Kier molecular flexibility index (Phi) is 6.24. The number of rotatable bonds is 6. The molecule has 0 saturated carbocycles. The number of benzene rings is 1. The first-order chi connectivity index (χ1) is 18.4. The second kappa shape index (κ2) is 9.60. The van der Waals surface area contributed by atoms with E-state index in [4.69, 9.17) is 9.72 Å². The summed E-state index contributed by atoms with van der Waals surface area (Å²) in [6, 6.07) is 15.0. The van der Waals surface area contributed by atoms with E-state index >= 15 is 0 Å². The van der Waals surface area contributed by atoms with Crippen molar-refractivity contribution in [2.24, 2.45) is 13.0 Å². The van der Waals surface area contributed by atoms with Gasteiger partial charge in [0.15, 0.2) is 0 Å². The monoisotopic (exact) mass is 510 g/mol. The first kappa shape index (κ1) is 24.7. The van der Waals surface area contributed by atoms with Crippen molar-refractivity contribution in [1.82, 2.24) is 29.5 Å². The second-order valence-electron chi connectivity index (χ2n) is 10.8. The fourth-order valence-corrected chi connectivity index (χ4v) is 5.87. The van der Waals surface area contributed by atoms with Crippen molar-refractivity contribution >= 4 is 21.9 Å². The van der Waals surface area contributed by atoms with Gasteiger partial charge in [0.05, 0.1) is 39.7 Å². The first-order valence-electron chi connectivity index (χ1n) is 13.4. The normalized spacial score (nSPS) is 15.9. The van der Waals surface area contributed by atoms with Gasteiger partial charge < -0.3 is 14.4 Å². The number of hydrogen-bond donors (Lipinski definition) is 1. The van der Waals surface area contributed by atoms with Gasteiger partial charge >= 0.3 is 0 Å². The second-order valence-corrected chi connectivity index (χ2v) is 10.8. The molecule has 1 aliphatic heterocycles. The van der Waals surface area contributed by atoms with Gasteiger partial charge in [0.1, 0.15) is 5.60 Å². The summed E-state index contributed by atoms with van der Waals surface area (Å²) >= 11 is 0. The van der Waals surface area contributed by atoms with E-state index < -0.39 is 5.60 Å². The molecule has 196 valence electrons. The summed E-state index contributed by atoms with van der Waals surface area (Å²) in [6.45, 7) is 7.16. The van der Waals surface area contributed by atoms with Gasteiger partial charge in [-0.05, 0) is 56.7 Å². The zero-order chi connectivity index (χ0) is 26.4. The van der Waals surface area contributed by atoms with E-state index in [0.29, 0.717) is 11.6 Å². The van der Waals surface area contributed by atoms with Gasteiger partial charge in [-0.15, -0.1) is 5.10 Å². The molecule has 0 radical (unpaired) electrons. The lowest BCUT2D eigenvalue weighted by Gasteiger charge is -2.33. The highest BCUT2D eigenvalue weighted by Crippen LogP contribution is 2.41. The lowest BCUT2D eigenvalue weighted by Crippen LogP contribution is -2.27. The highest BCUT2D eigenvalue weighted by atomic mass is 16.5. The van der Waals surface area contributed by atoms with E-state index in [0.717, 1.165) is 71.4 Å². The van der Waals surface area contributed by atoms with Gasteiger partial charge in [-0.25, -0.2) is 4.68 Å². The van der Waals surface area contributed by atoms with Gasteiger partial charge in [-0.2, -0.15) is 0 Å². The Morgan fingerprint density at radius 1 is 1.05 bits per heavy atom. The number of ether oxygens (including phenoxy) is 1. The van der Waals surface area contributed by atoms with E-state index in [9.17, 15) is 5.11 Å². The Morgan fingerprint density at radius 2 is 1.82 bits per heavy atom. The number of aryl methyl sites for hydroxylation is 2. The lowest BCUT2D eigenvalue weighted by atomic mass is 9.86. The molecule has 1 fully saturated rings. The number of aromatic nitrogens is 6. The molecular weight excluding hydrogens is 476 g/mol. The van der Waals surface area contributed by atoms with E-state index in [-0.39, 0.29) is 6.04 Å². The number of aliphatic hydroxyl groups is 1. The Balaban J connectivity index is 1.69. The molecule has 4 aromatic heterocycles. The van der Waals surface area contributed by atoms with E-state index in [1.165, 1.54) is 5.56 Å². The SMILES string of the molecule is CCc1nnn(C)c1-c1cnc2c3cnc(C(C)(C)O)cc3n([C@H](c3ccccc3)C3CCOCC3)c2c1. The molecule has 1 aromatic carbocycles. The van der Waals surface area contributed by atoms with E-state index in [2.05, 4.69) is 63.2 Å². The maximum absolute atomic E-state index is 10.9. The fourth-order valence-electron chi connectivity index (χ4n) is 5.87. The molecule has 1 saturated heterocycles. The molecular formula is C30H34N6O2. The van der Waals surface area contributed by atoms with Crippen molar-refractivity contribution in [3.8, 4) is 11.3 Å². The smallest absolute Gasteiger partial charge is 0.101 e. The van der Waals surface area contributed by atoms with Crippen molar-refractivity contribution in [3.63, 3.8) is 0 Å². The maximum atomic E-state index is 10.9. The largest absolute Gasteiger partial charge is 0.384 e. The summed E-state index contributed by atoms with van der Waals surface area (Å²) in [7, 11) is 1.93. The summed E-state index contributed by atoms with van der Waals surface area (Å²) in [5.41, 5.74) is 6.71. The number of pyridine rings is 2. The van der Waals surface area contributed by atoms with Gasteiger partial charge in [0.2, 0.25) is 0 Å². The third-order valence-corrected chi connectivity index (χ3v) is 7.79. The molecule has 0 spiro atoms. The van der Waals surface area contributed by atoms with Crippen molar-refractivity contribution < 1.29 is 9.84 Å². The minimum absolute atomic E-state index is 0.0736. The molecule has 38 heavy (non-hydrogen) atoms. The Hall–Kier alpha value is -3.62. The molecule has 8 heteroatoms. The van der Waals surface area contributed by atoms with Crippen LogP contribution in [0, 0.1) is 5.92 Å². The molecule has 0 aliphatic carbocycles. The average molecular weight is 511 g/mol.